The maximum atomic E-state index is 11.0. The van der Waals surface area contributed by atoms with Crippen molar-refractivity contribution >= 4 is 23.4 Å². The summed E-state index contributed by atoms with van der Waals surface area (Å²) in [6.07, 6.45) is 5.68. The number of unbranched alkanes of at least 4 members (excludes halogenated alkanes) is 2. The lowest BCUT2D eigenvalue weighted by atomic mass is 10.3. The number of benzene rings is 1. The molecule has 2 N–H and O–H groups in total. The number of carbonyl (C=O) groups is 2. The molecule has 148 valence electrons. The minimum Gasteiger partial charge on any atom is -0.490 e. The first-order valence-electron chi connectivity index (χ1n) is 8.92. The molecule has 0 aromatic heterocycles. The maximum Gasteiger partial charge on any atom is 0.243 e. The van der Waals surface area contributed by atoms with Crippen LogP contribution < -0.4 is 20.1 Å². The van der Waals surface area contributed by atoms with Gasteiger partial charge >= 0.3 is 0 Å². The second-order valence-electron chi connectivity index (χ2n) is 5.69. The van der Waals surface area contributed by atoms with E-state index in [0.717, 1.165) is 25.7 Å². The van der Waals surface area contributed by atoms with Gasteiger partial charge in [0.15, 0.2) is 11.5 Å². The third kappa shape index (κ3) is 10.3. The van der Waals surface area contributed by atoms with Gasteiger partial charge in [0, 0.05) is 24.2 Å². The molecule has 27 heavy (non-hydrogen) atoms. The molecule has 0 saturated heterocycles. The summed E-state index contributed by atoms with van der Waals surface area (Å²) in [5.74, 6) is 0.881. The molecule has 7 heteroatoms. The molecule has 1 aromatic carbocycles. The number of hydrogen-bond donors (Lipinski definition) is 2. The molecule has 0 aliphatic rings. The van der Waals surface area contributed by atoms with Crippen LogP contribution in [0.25, 0.3) is 0 Å². The maximum absolute atomic E-state index is 11.0. The Morgan fingerprint density at radius 1 is 0.889 bits per heavy atom. The van der Waals surface area contributed by atoms with Crippen LogP contribution in [-0.2, 0) is 9.59 Å². The minimum absolute atomic E-state index is 0.173. The van der Waals surface area contributed by atoms with Crippen LogP contribution in [0.1, 0.15) is 25.7 Å². The Balaban J connectivity index is 2.30. The van der Waals surface area contributed by atoms with Crippen LogP contribution in [0.15, 0.2) is 43.5 Å². The Kier molecular flexibility index (Phi) is 11.4. The summed E-state index contributed by atoms with van der Waals surface area (Å²) in [7, 11) is 0. The van der Waals surface area contributed by atoms with E-state index >= 15 is 0 Å². The Bertz CT molecular complexity index is 634. The zero-order chi connectivity index (χ0) is 19.9. The second kappa shape index (κ2) is 13.7. The predicted molar refractivity (Wildman–Crippen MR) is 107 cm³/mol. The van der Waals surface area contributed by atoms with Gasteiger partial charge in [-0.15, -0.1) is 0 Å². The lowest BCUT2D eigenvalue weighted by Crippen LogP contribution is -2.22. The SMILES string of the molecule is C=CC(=O)NCCCCOc1ccc(Cl)cc1OCCCCNC(=O)C=C. The highest BCUT2D eigenvalue weighted by molar-refractivity contribution is 6.30. The van der Waals surface area contributed by atoms with Gasteiger partial charge in [0.1, 0.15) is 0 Å². The number of ether oxygens (including phenoxy) is 2. The van der Waals surface area contributed by atoms with Crippen molar-refractivity contribution in [1.82, 2.24) is 10.6 Å². The van der Waals surface area contributed by atoms with Crippen molar-refractivity contribution < 1.29 is 19.1 Å². The highest BCUT2D eigenvalue weighted by Crippen LogP contribution is 2.30. The lowest BCUT2D eigenvalue weighted by molar-refractivity contribution is -0.117. The largest absolute Gasteiger partial charge is 0.490 e. The number of halogens is 1. The van der Waals surface area contributed by atoms with Crippen LogP contribution in [0.5, 0.6) is 11.5 Å². The van der Waals surface area contributed by atoms with Crippen LogP contribution in [-0.4, -0.2) is 38.1 Å². The quantitative estimate of drug-likeness (QED) is 0.375. The van der Waals surface area contributed by atoms with Crippen molar-refractivity contribution in [1.29, 1.82) is 0 Å². The molecule has 0 atom stereocenters. The van der Waals surface area contributed by atoms with Crippen molar-refractivity contribution in [3.8, 4) is 11.5 Å². The van der Waals surface area contributed by atoms with Gasteiger partial charge in [-0.25, -0.2) is 0 Å². The zero-order valence-corrected chi connectivity index (χ0v) is 16.2. The van der Waals surface area contributed by atoms with E-state index in [1.165, 1.54) is 12.2 Å². The number of amides is 2. The molecule has 1 rings (SSSR count). The van der Waals surface area contributed by atoms with Gasteiger partial charge in [-0.1, -0.05) is 24.8 Å². The molecule has 0 unspecified atom stereocenters. The normalized spacial score (nSPS) is 9.96. The first-order chi connectivity index (χ1) is 13.1. The van der Waals surface area contributed by atoms with E-state index in [-0.39, 0.29) is 11.8 Å². The van der Waals surface area contributed by atoms with Gasteiger partial charge in [0.2, 0.25) is 11.8 Å². The summed E-state index contributed by atoms with van der Waals surface area (Å²) < 4.78 is 11.5. The van der Waals surface area contributed by atoms with Crippen LogP contribution in [0.4, 0.5) is 0 Å². The third-order valence-corrected chi connectivity index (χ3v) is 3.77. The van der Waals surface area contributed by atoms with Crippen LogP contribution in [0.3, 0.4) is 0 Å². The number of nitrogens with one attached hydrogen (secondary N) is 2. The van der Waals surface area contributed by atoms with E-state index in [1.54, 1.807) is 18.2 Å². The fourth-order valence-corrected chi connectivity index (χ4v) is 2.26. The highest BCUT2D eigenvalue weighted by Gasteiger charge is 2.06. The molecule has 0 heterocycles. The molecular formula is C20H27ClN2O4. The molecule has 0 fully saturated rings. The van der Waals surface area contributed by atoms with Crippen LogP contribution in [0.2, 0.25) is 5.02 Å². The summed E-state index contributed by atoms with van der Waals surface area (Å²) in [4.78, 5) is 22.1. The third-order valence-electron chi connectivity index (χ3n) is 3.53. The topological polar surface area (TPSA) is 76.7 Å². The van der Waals surface area contributed by atoms with Crippen LogP contribution >= 0.6 is 11.6 Å². The standard InChI is InChI=1S/C20H27ClN2O4/c1-3-19(24)22-11-5-7-13-26-17-10-9-16(21)15-18(17)27-14-8-6-12-23-20(25)4-2/h3-4,9-10,15H,1-2,5-8,11-14H2,(H,22,24)(H,23,25). The molecule has 6 nitrogen and oxygen atoms in total. The van der Waals surface area contributed by atoms with Crippen molar-refractivity contribution in [3.05, 3.63) is 48.5 Å². The predicted octanol–water partition coefficient (Wildman–Crippen LogP) is 3.26. The number of rotatable bonds is 14. The molecular weight excluding hydrogens is 368 g/mol. The van der Waals surface area contributed by atoms with Gasteiger partial charge in [0.25, 0.3) is 0 Å². The average Bonchev–Trinajstić information content (AvgIpc) is 2.67. The highest BCUT2D eigenvalue weighted by atomic mass is 35.5. The van der Waals surface area contributed by atoms with Crippen molar-refractivity contribution in [2.75, 3.05) is 26.3 Å². The molecule has 0 spiro atoms. The summed E-state index contributed by atoms with van der Waals surface area (Å²) in [5.41, 5.74) is 0. The smallest absolute Gasteiger partial charge is 0.243 e. The Labute approximate surface area is 165 Å². The van der Waals surface area contributed by atoms with Crippen molar-refractivity contribution in [2.24, 2.45) is 0 Å². The van der Waals surface area contributed by atoms with Crippen LogP contribution in [0, 0.1) is 0 Å². The summed E-state index contributed by atoms with van der Waals surface area (Å²) in [5, 5.41) is 6.01. The fraction of sp³-hybridized carbons (Fsp3) is 0.400. The molecule has 0 aliphatic carbocycles. The minimum atomic E-state index is -0.175. The monoisotopic (exact) mass is 394 g/mol. The van der Waals surface area contributed by atoms with Gasteiger partial charge in [-0.2, -0.15) is 0 Å². The number of carbonyl (C=O) groups excluding carboxylic acids is 2. The number of hydrogen-bond acceptors (Lipinski definition) is 4. The Morgan fingerprint density at radius 3 is 1.93 bits per heavy atom. The van der Waals surface area contributed by atoms with Gasteiger partial charge in [0.05, 0.1) is 13.2 Å². The summed E-state index contributed by atoms with van der Waals surface area (Å²) in [6.45, 7) is 8.97. The van der Waals surface area contributed by atoms with E-state index in [1.807, 2.05) is 0 Å². The van der Waals surface area contributed by atoms with Gasteiger partial charge in [-0.05, 0) is 50.0 Å². The average molecular weight is 395 g/mol. The van der Waals surface area contributed by atoms with Crippen molar-refractivity contribution in [3.63, 3.8) is 0 Å². The first-order valence-corrected chi connectivity index (χ1v) is 9.30. The first kappa shape index (κ1) is 22.6. The Hall–Kier alpha value is -2.47. The zero-order valence-electron chi connectivity index (χ0n) is 15.5. The van der Waals surface area contributed by atoms with Crippen molar-refractivity contribution in [2.45, 2.75) is 25.7 Å². The lowest BCUT2D eigenvalue weighted by Gasteiger charge is -2.13. The van der Waals surface area contributed by atoms with E-state index in [2.05, 4.69) is 23.8 Å². The van der Waals surface area contributed by atoms with E-state index in [9.17, 15) is 9.59 Å². The van der Waals surface area contributed by atoms with E-state index in [4.69, 9.17) is 21.1 Å². The molecule has 0 saturated carbocycles. The second-order valence-corrected chi connectivity index (χ2v) is 6.13. The molecule has 2 amide bonds. The molecule has 0 aliphatic heterocycles. The molecule has 0 bridgehead atoms. The summed E-state index contributed by atoms with van der Waals surface area (Å²) >= 11 is 6.04. The summed E-state index contributed by atoms with van der Waals surface area (Å²) in [6, 6.07) is 5.25. The fourth-order valence-electron chi connectivity index (χ4n) is 2.10. The molecule has 0 radical (unpaired) electrons. The van der Waals surface area contributed by atoms with Gasteiger partial charge in [-0.3, -0.25) is 9.59 Å². The van der Waals surface area contributed by atoms with E-state index in [0.29, 0.717) is 42.8 Å². The van der Waals surface area contributed by atoms with Gasteiger partial charge < -0.3 is 20.1 Å². The molecule has 1 aromatic rings. The Morgan fingerprint density at radius 2 is 1.41 bits per heavy atom. The van der Waals surface area contributed by atoms with E-state index < -0.39 is 0 Å².